The number of aryl methyl sites for hydroxylation is 3. The first-order valence-electron chi connectivity index (χ1n) is 6.07. The van der Waals surface area contributed by atoms with E-state index < -0.39 is 0 Å². The Labute approximate surface area is 120 Å². The molecule has 2 aromatic rings. The van der Waals surface area contributed by atoms with Crippen LogP contribution in [0.3, 0.4) is 0 Å². The number of oxime groups is 1. The van der Waals surface area contributed by atoms with Crippen LogP contribution in [0.4, 0.5) is 0 Å². The van der Waals surface area contributed by atoms with Crippen molar-refractivity contribution >= 4 is 17.2 Å². The van der Waals surface area contributed by atoms with Gasteiger partial charge in [0.15, 0.2) is 5.84 Å². The Balaban J connectivity index is 2.12. The Morgan fingerprint density at radius 2 is 2.25 bits per heavy atom. The fourth-order valence-corrected chi connectivity index (χ4v) is 2.72. The van der Waals surface area contributed by atoms with E-state index in [0.29, 0.717) is 23.7 Å². The van der Waals surface area contributed by atoms with Gasteiger partial charge in [-0.2, -0.15) is 5.10 Å². The summed E-state index contributed by atoms with van der Waals surface area (Å²) in [5.41, 5.74) is 9.69. The lowest BCUT2D eigenvalue weighted by Crippen LogP contribution is -2.16. The molecule has 2 rings (SSSR count). The number of aromatic nitrogens is 3. The first kappa shape index (κ1) is 14.3. The third-order valence-electron chi connectivity index (χ3n) is 2.95. The van der Waals surface area contributed by atoms with E-state index in [-0.39, 0.29) is 5.84 Å². The zero-order valence-electron chi connectivity index (χ0n) is 11.6. The molecule has 0 radical (unpaired) electrons. The Kier molecular flexibility index (Phi) is 4.23. The Bertz CT molecular complexity index is 632. The number of ether oxygens (including phenoxy) is 1. The van der Waals surface area contributed by atoms with Crippen LogP contribution in [-0.4, -0.2) is 32.4 Å². The SMILES string of the molecule is Cc1ncsc1CCOc1c(C(N)=NO)c(C)nn1C. The van der Waals surface area contributed by atoms with Crippen LogP contribution < -0.4 is 10.5 Å². The maximum atomic E-state index is 8.82. The van der Waals surface area contributed by atoms with Crippen molar-refractivity contribution in [2.75, 3.05) is 6.61 Å². The number of thiazole rings is 1. The smallest absolute Gasteiger partial charge is 0.223 e. The van der Waals surface area contributed by atoms with E-state index in [1.807, 2.05) is 12.4 Å². The molecule has 0 aliphatic carbocycles. The number of hydrogen-bond acceptors (Lipinski definition) is 6. The van der Waals surface area contributed by atoms with Crippen molar-refractivity contribution in [2.24, 2.45) is 17.9 Å². The molecule has 0 saturated heterocycles. The molecule has 0 spiro atoms. The highest BCUT2D eigenvalue weighted by Crippen LogP contribution is 2.22. The van der Waals surface area contributed by atoms with Crippen molar-refractivity contribution in [3.63, 3.8) is 0 Å². The molecule has 2 aromatic heterocycles. The Morgan fingerprint density at radius 3 is 2.85 bits per heavy atom. The number of nitrogens with two attached hydrogens (primary N) is 1. The number of amidine groups is 1. The van der Waals surface area contributed by atoms with Gasteiger partial charge in [-0.05, 0) is 13.8 Å². The highest BCUT2D eigenvalue weighted by Gasteiger charge is 2.18. The number of nitrogens with zero attached hydrogens (tertiary/aromatic N) is 4. The lowest BCUT2D eigenvalue weighted by atomic mass is 10.2. The van der Waals surface area contributed by atoms with Gasteiger partial charge in [0.05, 0.1) is 23.5 Å². The van der Waals surface area contributed by atoms with E-state index in [1.54, 1.807) is 30.0 Å². The molecule has 20 heavy (non-hydrogen) atoms. The molecular weight excluding hydrogens is 278 g/mol. The average Bonchev–Trinajstić information content (AvgIpc) is 2.93. The van der Waals surface area contributed by atoms with Crippen molar-refractivity contribution in [1.82, 2.24) is 14.8 Å². The van der Waals surface area contributed by atoms with E-state index in [1.165, 1.54) is 4.88 Å². The molecule has 0 aromatic carbocycles. The molecule has 0 unspecified atom stereocenters. The predicted molar refractivity (Wildman–Crippen MR) is 76.5 cm³/mol. The first-order chi connectivity index (χ1) is 9.54. The number of hydrogen-bond donors (Lipinski definition) is 2. The van der Waals surface area contributed by atoms with Crippen LogP contribution in [0.15, 0.2) is 10.7 Å². The molecule has 2 heterocycles. The summed E-state index contributed by atoms with van der Waals surface area (Å²) < 4.78 is 7.33. The fourth-order valence-electron chi connectivity index (χ4n) is 1.95. The highest BCUT2D eigenvalue weighted by molar-refractivity contribution is 7.09. The van der Waals surface area contributed by atoms with Crippen LogP contribution in [0.25, 0.3) is 0 Å². The van der Waals surface area contributed by atoms with Crippen molar-refractivity contribution in [1.29, 1.82) is 0 Å². The third-order valence-corrected chi connectivity index (χ3v) is 3.94. The lowest BCUT2D eigenvalue weighted by Gasteiger charge is -2.08. The molecule has 0 aliphatic heterocycles. The van der Waals surface area contributed by atoms with Gasteiger partial charge in [0.1, 0.15) is 5.56 Å². The summed E-state index contributed by atoms with van der Waals surface area (Å²) in [5, 5.41) is 16.1. The largest absolute Gasteiger partial charge is 0.477 e. The van der Waals surface area contributed by atoms with Gasteiger partial charge in [-0.25, -0.2) is 9.67 Å². The second kappa shape index (κ2) is 5.91. The quantitative estimate of drug-likeness (QED) is 0.374. The summed E-state index contributed by atoms with van der Waals surface area (Å²) in [6.45, 7) is 4.24. The van der Waals surface area contributed by atoms with Crippen LogP contribution in [0.2, 0.25) is 0 Å². The van der Waals surface area contributed by atoms with E-state index in [4.69, 9.17) is 15.7 Å². The molecule has 8 heteroatoms. The van der Waals surface area contributed by atoms with Crippen molar-refractivity contribution < 1.29 is 9.94 Å². The summed E-state index contributed by atoms with van der Waals surface area (Å²) in [6, 6.07) is 0. The molecule has 7 nitrogen and oxygen atoms in total. The van der Waals surface area contributed by atoms with Gasteiger partial charge in [0, 0.05) is 18.3 Å². The van der Waals surface area contributed by atoms with E-state index in [2.05, 4.69) is 15.2 Å². The molecule has 0 bridgehead atoms. The van der Waals surface area contributed by atoms with Crippen molar-refractivity contribution in [3.05, 3.63) is 27.3 Å². The summed E-state index contributed by atoms with van der Waals surface area (Å²) >= 11 is 1.61. The van der Waals surface area contributed by atoms with Gasteiger partial charge < -0.3 is 15.7 Å². The van der Waals surface area contributed by atoms with E-state index >= 15 is 0 Å². The van der Waals surface area contributed by atoms with Crippen molar-refractivity contribution in [2.45, 2.75) is 20.3 Å². The topological polar surface area (TPSA) is 98.6 Å². The van der Waals surface area contributed by atoms with E-state index in [0.717, 1.165) is 12.1 Å². The standard InChI is InChI=1S/C12H17N5O2S/c1-7-9(20-6-14-7)4-5-19-12-10(11(13)16-18)8(2)15-17(12)3/h6,18H,4-5H2,1-3H3,(H2,13,16). The summed E-state index contributed by atoms with van der Waals surface area (Å²) in [5.74, 6) is 0.500. The normalized spacial score (nSPS) is 11.8. The van der Waals surface area contributed by atoms with Crippen LogP contribution in [0.5, 0.6) is 5.88 Å². The maximum Gasteiger partial charge on any atom is 0.223 e. The minimum Gasteiger partial charge on any atom is -0.477 e. The van der Waals surface area contributed by atoms with Gasteiger partial charge in [-0.1, -0.05) is 5.16 Å². The van der Waals surface area contributed by atoms with Crippen LogP contribution in [0.1, 0.15) is 21.8 Å². The second-order valence-corrected chi connectivity index (χ2v) is 5.27. The highest BCUT2D eigenvalue weighted by atomic mass is 32.1. The molecule has 0 atom stereocenters. The zero-order valence-corrected chi connectivity index (χ0v) is 12.4. The molecule has 3 N–H and O–H groups in total. The maximum absolute atomic E-state index is 8.82. The summed E-state index contributed by atoms with van der Waals surface area (Å²) in [7, 11) is 1.76. The Morgan fingerprint density at radius 1 is 1.50 bits per heavy atom. The van der Waals surface area contributed by atoms with Gasteiger partial charge in [0.2, 0.25) is 5.88 Å². The molecule has 0 saturated carbocycles. The summed E-state index contributed by atoms with van der Waals surface area (Å²) in [6.07, 6.45) is 0.760. The lowest BCUT2D eigenvalue weighted by molar-refractivity contribution is 0.292. The second-order valence-electron chi connectivity index (χ2n) is 4.33. The Hall–Kier alpha value is -2.09. The zero-order chi connectivity index (χ0) is 14.7. The molecule has 0 aliphatic rings. The minimum absolute atomic E-state index is 0.000397. The van der Waals surface area contributed by atoms with E-state index in [9.17, 15) is 0 Å². The predicted octanol–water partition coefficient (Wildman–Crippen LogP) is 1.21. The van der Waals surface area contributed by atoms with Crippen molar-refractivity contribution in [3.8, 4) is 5.88 Å². The molecular formula is C12H17N5O2S. The van der Waals surface area contributed by atoms with Gasteiger partial charge in [-0.3, -0.25) is 0 Å². The van der Waals surface area contributed by atoms with Crippen LogP contribution in [0, 0.1) is 13.8 Å². The van der Waals surface area contributed by atoms with Gasteiger partial charge in [-0.15, -0.1) is 11.3 Å². The number of rotatable bonds is 5. The third kappa shape index (κ3) is 2.74. The molecule has 108 valence electrons. The van der Waals surface area contributed by atoms with Crippen LogP contribution >= 0.6 is 11.3 Å². The van der Waals surface area contributed by atoms with Gasteiger partial charge >= 0.3 is 0 Å². The summed E-state index contributed by atoms with van der Waals surface area (Å²) in [4.78, 5) is 5.39. The fraction of sp³-hybridized carbons (Fsp3) is 0.417. The molecule has 0 amide bonds. The molecule has 0 fully saturated rings. The van der Waals surface area contributed by atoms with Gasteiger partial charge in [0.25, 0.3) is 0 Å². The first-order valence-corrected chi connectivity index (χ1v) is 6.95. The van der Waals surface area contributed by atoms with Crippen LogP contribution in [-0.2, 0) is 13.5 Å². The minimum atomic E-state index is -0.000397. The average molecular weight is 295 g/mol. The monoisotopic (exact) mass is 295 g/mol.